The Morgan fingerprint density at radius 3 is 0.783 bits per heavy atom. The average molecular weight is 384 g/mol. The second-order valence-electron chi connectivity index (χ2n) is 3.57. The molecule has 0 unspecified atom stereocenters. The van der Waals surface area contributed by atoms with E-state index in [0.717, 1.165) is 0 Å². The normalized spacial score (nSPS) is 6.96. The number of unbranched alkanes of at least 4 members (excludes halogenated alkanes) is 7. The van der Waals surface area contributed by atoms with Gasteiger partial charge in [0, 0.05) is 0 Å². The SMILES string of the molecule is CCCCCCCCCC.O.O.O.O.O.O.O.O.O=S(=O)(O)O. The van der Waals surface area contributed by atoms with E-state index in [0.29, 0.717) is 0 Å². The zero-order valence-electron chi connectivity index (χ0n) is 13.8. The minimum Gasteiger partial charge on any atom is -0.412 e. The summed E-state index contributed by atoms with van der Waals surface area (Å²) in [6.07, 6.45) is 11.5. The summed E-state index contributed by atoms with van der Waals surface area (Å²) in [5, 5.41) is 0. The van der Waals surface area contributed by atoms with Crippen LogP contribution < -0.4 is 0 Å². The molecular formula is C10H40O12S. The number of hydrogen-bond donors (Lipinski definition) is 2. The summed E-state index contributed by atoms with van der Waals surface area (Å²) >= 11 is 0. The van der Waals surface area contributed by atoms with Crippen molar-refractivity contribution in [1.29, 1.82) is 0 Å². The van der Waals surface area contributed by atoms with Crippen LogP contribution in [0.3, 0.4) is 0 Å². The van der Waals surface area contributed by atoms with Crippen LogP contribution in [0.15, 0.2) is 0 Å². The molecule has 0 rings (SSSR count). The molecule has 0 atom stereocenters. The Kier molecular flexibility index (Phi) is 143. The van der Waals surface area contributed by atoms with Gasteiger partial charge < -0.3 is 43.8 Å². The van der Waals surface area contributed by atoms with E-state index < -0.39 is 10.4 Å². The van der Waals surface area contributed by atoms with E-state index in [2.05, 4.69) is 13.8 Å². The Balaban J connectivity index is -0.0000000149. The summed E-state index contributed by atoms with van der Waals surface area (Å²) < 4.78 is 31.6. The zero-order chi connectivity index (χ0) is 12.2. The van der Waals surface area contributed by atoms with Crippen LogP contribution in [-0.2, 0) is 10.4 Å². The lowest BCUT2D eigenvalue weighted by molar-refractivity contribution is 0.381. The number of rotatable bonds is 7. The van der Waals surface area contributed by atoms with Crippen LogP contribution >= 0.6 is 0 Å². The Hall–Kier alpha value is -0.450. The van der Waals surface area contributed by atoms with Gasteiger partial charge in [0.05, 0.1) is 0 Å². The fourth-order valence-electron chi connectivity index (χ4n) is 1.21. The molecule has 0 spiro atoms. The second-order valence-corrected chi connectivity index (χ2v) is 4.46. The van der Waals surface area contributed by atoms with Gasteiger partial charge in [-0.05, 0) is 0 Å². The van der Waals surface area contributed by atoms with E-state index in [-0.39, 0.29) is 43.8 Å². The van der Waals surface area contributed by atoms with Crippen molar-refractivity contribution < 1.29 is 61.3 Å². The molecule has 0 aromatic carbocycles. The molecule has 0 amide bonds. The van der Waals surface area contributed by atoms with Gasteiger partial charge >= 0.3 is 10.4 Å². The van der Waals surface area contributed by atoms with Gasteiger partial charge in [0.25, 0.3) is 0 Å². The van der Waals surface area contributed by atoms with Crippen molar-refractivity contribution >= 4 is 10.4 Å². The fraction of sp³-hybridized carbons (Fsp3) is 1.00. The number of hydrogen-bond acceptors (Lipinski definition) is 2. The molecular weight excluding hydrogens is 344 g/mol. The molecule has 0 bridgehead atoms. The van der Waals surface area contributed by atoms with Crippen molar-refractivity contribution in [2.75, 3.05) is 0 Å². The Bertz CT molecular complexity index is 194. The lowest BCUT2D eigenvalue weighted by Crippen LogP contribution is -1.89. The van der Waals surface area contributed by atoms with Crippen LogP contribution in [0.25, 0.3) is 0 Å². The van der Waals surface area contributed by atoms with Crippen molar-refractivity contribution in [2.45, 2.75) is 65.2 Å². The summed E-state index contributed by atoms with van der Waals surface area (Å²) in [7, 11) is -4.67. The predicted molar refractivity (Wildman–Crippen MR) is 91.4 cm³/mol. The summed E-state index contributed by atoms with van der Waals surface area (Å²) in [6.45, 7) is 4.54. The van der Waals surface area contributed by atoms with Gasteiger partial charge in [0.1, 0.15) is 0 Å². The van der Waals surface area contributed by atoms with Crippen molar-refractivity contribution in [3.8, 4) is 0 Å². The predicted octanol–water partition coefficient (Wildman–Crippen LogP) is -3.10. The summed E-state index contributed by atoms with van der Waals surface area (Å²) in [6, 6.07) is 0. The lowest BCUT2D eigenvalue weighted by Gasteiger charge is -1.97. The molecule has 158 valence electrons. The molecule has 23 heavy (non-hydrogen) atoms. The standard InChI is InChI=1S/C10H22.H2O4S.8H2O/c1-3-5-7-9-10-8-6-4-2;1-5(2,3)4;;;;;;;;/h3-10H2,1-2H3;(H2,1,2,3,4);8*1H2. The summed E-state index contributed by atoms with van der Waals surface area (Å²) in [4.78, 5) is 0. The Morgan fingerprint density at radius 1 is 0.522 bits per heavy atom. The smallest absolute Gasteiger partial charge is 0.394 e. The molecule has 18 N–H and O–H groups in total. The van der Waals surface area contributed by atoms with Crippen molar-refractivity contribution in [3.05, 3.63) is 0 Å². The first-order valence-electron chi connectivity index (χ1n) is 5.61. The van der Waals surface area contributed by atoms with Gasteiger partial charge in [-0.25, -0.2) is 0 Å². The van der Waals surface area contributed by atoms with Crippen molar-refractivity contribution in [2.24, 2.45) is 0 Å². The first-order chi connectivity index (χ1) is 6.91. The third kappa shape index (κ3) is 192. The van der Waals surface area contributed by atoms with Crippen LogP contribution in [0, 0.1) is 0 Å². The molecule has 13 heteroatoms. The van der Waals surface area contributed by atoms with E-state index in [4.69, 9.17) is 17.5 Å². The average Bonchev–Trinajstić information content (AvgIpc) is 2.08. The quantitative estimate of drug-likeness (QED) is 0.339. The van der Waals surface area contributed by atoms with E-state index in [1.165, 1.54) is 51.4 Å². The molecule has 0 aliphatic rings. The molecule has 0 aliphatic heterocycles. The molecule has 0 aliphatic carbocycles. The van der Waals surface area contributed by atoms with Gasteiger partial charge in [-0.3, -0.25) is 9.11 Å². The molecule has 0 fully saturated rings. The third-order valence-corrected chi connectivity index (χ3v) is 1.96. The third-order valence-electron chi connectivity index (χ3n) is 1.96. The molecule has 0 saturated carbocycles. The Labute approximate surface area is 138 Å². The van der Waals surface area contributed by atoms with Crippen LogP contribution in [0.1, 0.15) is 65.2 Å². The summed E-state index contributed by atoms with van der Waals surface area (Å²) in [5.74, 6) is 0. The highest BCUT2D eigenvalue weighted by atomic mass is 32.3. The van der Waals surface area contributed by atoms with E-state index in [1.54, 1.807) is 0 Å². The maximum atomic E-state index is 8.74. The van der Waals surface area contributed by atoms with Crippen LogP contribution in [-0.4, -0.2) is 61.3 Å². The van der Waals surface area contributed by atoms with Crippen LogP contribution in [0.2, 0.25) is 0 Å². The minimum atomic E-state index is -4.67. The molecule has 0 aromatic heterocycles. The van der Waals surface area contributed by atoms with Gasteiger partial charge in [0.15, 0.2) is 0 Å². The van der Waals surface area contributed by atoms with E-state index >= 15 is 0 Å². The maximum Gasteiger partial charge on any atom is 0.394 e. The largest absolute Gasteiger partial charge is 0.412 e. The van der Waals surface area contributed by atoms with Crippen LogP contribution in [0.4, 0.5) is 0 Å². The highest BCUT2D eigenvalue weighted by Gasteiger charge is 1.87. The zero-order valence-corrected chi connectivity index (χ0v) is 14.6. The molecule has 0 radical (unpaired) electrons. The molecule has 12 nitrogen and oxygen atoms in total. The first-order valence-corrected chi connectivity index (χ1v) is 7.01. The van der Waals surface area contributed by atoms with Crippen molar-refractivity contribution in [3.63, 3.8) is 0 Å². The Morgan fingerprint density at radius 2 is 0.652 bits per heavy atom. The van der Waals surface area contributed by atoms with Gasteiger partial charge in [-0.2, -0.15) is 8.42 Å². The molecule has 0 heterocycles. The summed E-state index contributed by atoms with van der Waals surface area (Å²) in [5.41, 5.74) is 0. The molecule has 0 aromatic rings. The second kappa shape index (κ2) is 49.6. The highest BCUT2D eigenvalue weighted by molar-refractivity contribution is 7.79. The van der Waals surface area contributed by atoms with Crippen molar-refractivity contribution in [1.82, 2.24) is 0 Å². The minimum absolute atomic E-state index is 0. The van der Waals surface area contributed by atoms with Crippen LogP contribution in [0.5, 0.6) is 0 Å². The lowest BCUT2D eigenvalue weighted by atomic mass is 10.1. The van der Waals surface area contributed by atoms with E-state index in [9.17, 15) is 0 Å². The fourth-order valence-corrected chi connectivity index (χ4v) is 1.21. The first kappa shape index (κ1) is 66.5. The topological polar surface area (TPSA) is 327 Å². The maximum absolute atomic E-state index is 8.74. The highest BCUT2D eigenvalue weighted by Crippen LogP contribution is 2.07. The van der Waals surface area contributed by atoms with Gasteiger partial charge in [0.2, 0.25) is 0 Å². The van der Waals surface area contributed by atoms with Gasteiger partial charge in [-0.15, -0.1) is 0 Å². The van der Waals surface area contributed by atoms with E-state index in [1.807, 2.05) is 0 Å². The monoisotopic (exact) mass is 384 g/mol. The van der Waals surface area contributed by atoms with Gasteiger partial charge in [-0.1, -0.05) is 65.2 Å². The molecule has 0 saturated heterocycles.